The average Bonchev–Trinajstić information content (AvgIpc) is 3.25. The summed E-state index contributed by atoms with van der Waals surface area (Å²) in [6.45, 7) is 3.36. The molecule has 156 valence electrons. The van der Waals surface area contributed by atoms with Crippen molar-refractivity contribution in [3.8, 4) is 22.6 Å². The molecule has 2 N–H and O–H groups in total. The second-order valence-electron chi connectivity index (χ2n) is 6.98. The zero-order valence-corrected chi connectivity index (χ0v) is 17.6. The molecule has 6 nitrogen and oxygen atoms in total. The second-order valence-corrected chi connectivity index (χ2v) is 8.01. The Morgan fingerprint density at radius 3 is 2.67 bits per heavy atom. The smallest absolute Gasteiger partial charge is 0.261 e. The van der Waals surface area contributed by atoms with Gasteiger partial charge in [-0.15, -0.1) is 11.3 Å². The third kappa shape index (κ3) is 4.42. The summed E-state index contributed by atoms with van der Waals surface area (Å²) >= 11 is 1.51. The maximum atomic E-state index is 12.9. The lowest BCUT2D eigenvalue weighted by Gasteiger charge is -2.28. The van der Waals surface area contributed by atoms with Crippen LogP contribution in [0.4, 0.5) is 5.00 Å². The van der Waals surface area contributed by atoms with Gasteiger partial charge >= 0.3 is 0 Å². The van der Waals surface area contributed by atoms with Crippen molar-refractivity contribution in [1.29, 1.82) is 0 Å². The van der Waals surface area contributed by atoms with Crippen molar-refractivity contribution >= 4 is 22.2 Å². The first-order valence-electron chi connectivity index (χ1n) is 9.81. The number of methoxy groups -OCH3 is 1. The number of nitrogens with one attached hydrogen (secondary N) is 1. The highest BCUT2D eigenvalue weighted by Crippen LogP contribution is 2.39. The van der Waals surface area contributed by atoms with Gasteiger partial charge in [0.2, 0.25) is 0 Å². The number of phenols is 1. The van der Waals surface area contributed by atoms with Crippen molar-refractivity contribution in [3.05, 3.63) is 65.0 Å². The Balaban J connectivity index is 1.56. The van der Waals surface area contributed by atoms with E-state index >= 15 is 0 Å². The number of hydrogen-bond acceptors (Lipinski definition) is 6. The van der Waals surface area contributed by atoms with Crippen LogP contribution in [-0.4, -0.2) is 44.4 Å². The first kappa shape index (κ1) is 20.3. The first-order chi connectivity index (χ1) is 14.7. The van der Waals surface area contributed by atoms with Crippen LogP contribution in [-0.2, 0) is 11.3 Å². The molecule has 1 aromatic heterocycles. The molecule has 3 aromatic rings. The van der Waals surface area contributed by atoms with E-state index in [1.807, 2.05) is 24.3 Å². The molecule has 1 fully saturated rings. The summed E-state index contributed by atoms with van der Waals surface area (Å²) in [5.74, 6) is 0.344. The molecule has 0 saturated carbocycles. The summed E-state index contributed by atoms with van der Waals surface area (Å²) < 4.78 is 10.6. The molecular weight excluding hydrogens is 400 g/mol. The van der Waals surface area contributed by atoms with Crippen LogP contribution < -0.4 is 15.0 Å². The maximum absolute atomic E-state index is 12.9. The van der Waals surface area contributed by atoms with E-state index in [1.165, 1.54) is 18.4 Å². The van der Waals surface area contributed by atoms with Crippen LogP contribution in [0, 0.1) is 0 Å². The van der Waals surface area contributed by atoms with Gasteiger partial charge in [-0.2, -0.15) is 0 Å². The minimum atomic E-state index is -0.122. The van der Waals surface area contributed by atoms with Gasteiger partial charge in [0, 0.05) is 25.2 Å². The number of thiophene rings is 1. The summed E-state index contributed by atoms with van der Waals surface area (Å²) in [5.41, 5.74) is 3.02. The fourth-order valence-electron chi connectivity index (χ4n) is 3.42. The molecule has 2 aromatic carbocycles. The SMILES string of the molecule is COc1cc(CNC(=O)c2cc(-c3ccccc3)c(N3CCOCC3)s2)ccc1O. The normalized spacial score (nSPS) is 13.8. The Kier molecular flexibility index (Phi) is 6.21. The van der Waals surface area contributed by atoms with E-state index in [9.17, 15) is 9.90 Å². The lowest BCUT2D eigenvalue weighted by Crippen LogP contribution is -2.35. The fourth-order valence-corrected chi connectivity index (χ4v) is 4.57. The molecular formula is C23H24N2O4S. The van der Waals surface area contributed by atoms with Crippen molar-refractivity contribution < 1.29 is 19.4 Å². The monoisotopic (exact) mass is 424 g/mol. The van der Waals surface area contributed by atoms with Crippen LogP contribution in [0.3, 0.4) is 0 Å². The largest absolute Gasteiger partial charge is 0.504 e. The number of hydrogen-bond donors (Lipinski definition) is 2. The summed E-state index contributed by atoms with van der Waals surface area (Å²) in [6, 6.07) is 17.2. The second kappa shape index (κ2) is 9.19. The topological polar surface area (TPSA) is 71.0 Å². The minimum absolute atomic E-state index is 0.0773. The maximum Gasteiger partial charge on any atom is 0.261 e. The molecule has 0 bridgehead atoms. The third-order valence-electron chi connectivity index (χ3n) is 5.02. The van der Waals surface area contributed by atoms with E-state index in [0.717, 1.165) is 34.8 Å². The number of anilines is 1. The van der Waals surface area contributed by atoms with Gasteiger partial charge in [0.15, 0.2) is 11.5 Å². The molecule has 0 atom stereocenters. The molecule has 1 aliphatic heterocycles. The Morgan fingerprint density at radius 1 is 1.17 bits per heavy atom. The molecule has 0 spiro atoms. The highest BCUT2D eigenvalue weighted by atomic mass is 32.1. The van der Waals surface area contributed by atoms with Crippen molar-refractivity contribution in [3.63, 3.8) is 0 Å². The number of benzene rings is 2. The van der Waals surface area contributed by atoms with Gasteiger partial charge < -0.3 is 24.8 Å². The number of morpholine rings is 1. The molecule has 0 aliphatic carbocycles. The van der Waals surface area contributed by atoms with Crippen LogP contribution in [0.2, 0.25) is 0 Å². The van der Waals surface area contributed by atoms with Crippen LogP contribution >= 0.6 is 11.3 Å². The Labute approximate surface area is 179 Å². The quantitative estimate of drug-likeness (QED) is 0.628. The zero-order chi connectivity index (χ0) is 20.9. The van der Waals surface area contributed by atoms with E-state index in [0.29, 0.717) is 30.4 Å². The molecule has 0 unspecified atom stereocenters. The van der Waals surface area contributed by atoms with Crippen molar-refractivity contribution in [2.45, 2.75) is 6.54 Å². The molecule has 4 rings (SSSR count). The number of nitrogens with zero attached hydrogens (tertiary/aromatic N) is 1. The zero-order valence-electron chi connectivity index (χ0n) is 16.8. The first-order valence-corrected chi connectivity index (χ1v) is 10.6. The van der Waals surface area contributed by atoms with Gasteiger partial charge in [-0.3, -0.25) is 4.79 Å². The molecule has 30 heavy (non-hydrogen) atoms. The van der Waals surface area contributed by atoms with Crippen molar-refractivity contribution in [2.75, 3.05) is 38.3 Å². The number of ether oxygens (including phenoxy) is 2. The summed E-state index contributed by atoms with van der Waals surface area (Å²) in [5, 5.41) is 13.8. The van der Waals surface area contributed by atoms with Crippen LogP contribution in [0.15, 0.2) is 54.6 Å². The molecule has 1 saturated heterocycles. The highest BCUT2D eigenvalue weighted by Gasteiger charge is 2.22. The van der Waals surface area contributed by atoms with Crippen molar-refractivity contribution in [1.82, 2.24) is 5.32 Å². The van der Waals surface area contributed by atoms with Gasteiger partial charge in [-0.1, -0.05) is 36.4 Å². The average molecular weight is 425 g/mol. The number of phenolic OH excluding ortho intramolecular Hbond substituents is 1. The number of amides is 1. The summed E-state index contributed by atoms with van der Waals surface area (Å²) in [7, 11) is 1.50. The Bertz CT molecular complexity index is 1010. The predicted octanol–water partition coefficient (Wildman–Crippen LogP) is 3.90. The number of carbonyl (C=O) groups is 1. The number of carbonyl (C=O) groups excluding carboxylic acids is 1. The fraction of sp³-hybridized carbons (Fsp3) is 0.261. The van der Waals surface area contributed by atoms with Gasteiger partial charge in [0.05, 0.1) is 30.2 Å². The van der Waals surface area contributed by atoms with E-state index < -0.39 is 0 Å². The third-order valence-corrected chi connectivity index (χ3v) is 6.21. The van der Waals surface area contributed by atoms with Gasteiger partial charge in [0.25, 0.3) is 5.91 Å². The van der Waals surface area contributed by atoms with Gasteiger partial charge in [-0.25, -0.2) is 0 Å². The lowest BCUT2D eigenvalue weighted by atomic mass is 10.1. The van der Waals surface area contributed by atoms with E-state index in [4.69, 9.17) is 9.47 Å². The highest BCUT2D eigenvalue weighted by molar-refractivity contribution is 7.18. The number of rotatable bonds is 6. The van der Waals surface area contributed by atoms with Gasteiger partial charge in [-0.05, 0) is 29.3 Å². The Hall–Kier alpha value is -3.03. The molecule has 7 heteroatoms. The molecule has 0 radical (unpaired) electrons. The van der Waals surface area contributed by atoms with E-state index in [-0.39, 0.29) is 11.7 Å². The van der Waals surface area contributed by atoms with E-state index in [2.05, 4.69) is 22.3 Å². The minimum Gasteiger partial charge on any atom is -0.504 e. The number of aromatic hydroxyl groups is 1. The van der Waals surface area contributed by atoms with Crippen LogP contribution in [0.25, 0.3) is 11.1 Å². The van der Waals surface area contributed by atoms with Gasteiger partial charge in [0.1, 0.15) is 0 Å². The standard InChI is InChI=1S/C23H24N2O4S/c1-28-20-13-16(7-8-19(20)26)15-24-22(27)21-14-18(17-5-3-2-4-6-17)23(30-21)25-9-11-29-12-10-25/h2-8,13-14,26H,9-12,15H2,1H3,(H,24,27). The van der Waals surface area contributed by atoms with Crippen LogP contribution in [0.1, 0.15) is 15.2 Å². The summed E-state index contributed by atoms with van der Waals surface area (Å²) in [4.78, 5) is 15.9. The van der Waals surface area contributed by atoms with E-state index in [1.54, 1.807) is 18.2 Å². The van der Waals surface area contributed by atoms with Crippen LogP contribution in [0.5, 0.6) is 11.5 Å². The lowest BCUT2D eigenvalue weighted by molar-refractivity contribution is 0.0955. The summed E-state index contributed by atoms with van der Waals surface area (Å²) in [6.07, 6.45) is 0. The predicted molar refractivity (Wildman–Crippen MR) is 119 cm³/mol. The molecule has 1 amide bonds. The molecule has 1 aliphatic rings. The Morgan fingerprint density at radius 2 is 1.93 bits per heavy atom. The van der Waals surface area contributed by atoms with Crippen molar-refractivity contribution in [2.24, 2.45) is 0 Å². The molecule has 2 heterocycles.